The fourth-order valence-electron chi connectivity index (χ4n) is 5.44. The number of hydrogen-bond donors (Lipinski definition) is 0. The van der Waals surface area contributed by atoms with Crippen molar-refractivity contribution in [1.29, 1.82) is 0 Å². The number of methoxy groups -OCH3 is 1. The minimum Gasteiger partial charge on any atom is -0.497 e. The van der Waals surface area contributed by atoms with Crippen LogP contribution in [0, 0.1) is 19.8 Å². The van der Waals surface area contributed by atoms with Crippen LogP contribution in [-0.2, 0) is 6.54 Å². The van der Waals surface area contributed by atoms with Gasteiger partial charge in [0.1, 0.15) is 11.4 Å². The van der Waals surface area contributed by atoms with E-state index in [1.54, 1.807) is 12.0 Å². The Bertz CT molecular complexity index is 1510. The van der Waals surface area contributed by atoms with Gasteiger partial charge in [0.2, 0.25) is 0 Å². The molecule has 0 spiro atoms. The van der Waals surface area contributed by atoms with Gasteiger partial charge in [-0.3, -0.25) is 14.4 Å². The smallest absolute Gasteiger partial charge is 0.271 e. The van der Waals surface area contributed by atoms with Crippen LogP contribution < -0.4 is 4.74 Å². The van der Waals surface area contributed by atoms with Crippen LogP contribution in [0.15, 0.2) is 85.1 Å². The van der Waals surface area contributed by atoms with E-state index < -0.39 is 0 Å². The Morgan fingerprint density at radius 1 is 0.825 bits per heavy atom. The van der Waals surface area contributed by atoms with Crippen molar-refractivity contribution in [3.8, 4) is 5.75 Å². The van der Waals surface area contributed by atoms with E-state index in [-0.39, 0.29) is 23.4 Å². The van der Waals surface area contributed by atoms with Gasteiger partial charge < -0.3 is 14.2 Å². The maximum absolute atomic E-state index is 14.1. The molecule has 204 valence electrons. The average Bonchev–Trinajstić information content (AvgIpc) is 3.32. The molecule has 3 aromatic carbocycles. The summed E-state index contributed by atoms with van der Waals surface area (Å²) in [5.41, 5.74) is 4.91. The Labute approximate surface area is 235 Å². The molecule has 6 nitrogen and oxygen atoms in total. The zero-order chi connectivity index (χ0) is 28.2. The number of likely N-dealkylation sites (tertiary alicyclic amines) is 1. The third-order valence-corrected chi connectivity index (χ3v) is 7.73. The topological polar surface area (TPSA) is 68.6 Å². The Morgan fingerprint density at radius 3 is 2.10 bits per heavy atom. The number of benzene rings is 3. The van der Waals surface area contributed by atoms with E-state index in [1.807, 2.05) is 103 Å². The number of hydrogen-bond acceptors (Lipinski definition) is 4. The molecule has 40 heavy (non-hydrogen) atoms. The zero-order valence-electron chi connectivity index (χ0n) is 23.2. The van der Waals surface area contributed by atoms with Crippen LogP contribution in [0.2, 0.25) is 0 Å². The minimum atomic E-state index is -0.178. The molecule has 2 heterocycles. The lowest BCUT2D eigenvalue weighted by molar-refractivity contribution is 0.0639. The monoisotopic (exact) mass is 534 g/mol. The van der Waals surface area contributed by atoms with Gasteiger partial charge in [0.25, 0.3) is 5.91 Å². The Balaban J connectivity index is 1.44. The highest BCUT2D eigenvalue weighted by Gasteiger charge is 2.33. The molecular formula is C34H34N2O4. The second-order valence-electron chi connectivity index (χ2n) is 10.5. The number of ether oxygens (including phenoxy) is 1. The SMILES string of the molecule is COc1ccc(Cn2cc(C)c(C(=O)c3ccc(C)cc3)c2C(=O)N2CCC(C(=O)c3ccccc3)CC2)cc1. The molecule has 0 aliphatic carbocycles. The van der Waals surface area contributed by atoms with Crippen LogP contribution in [0.25, 0.3) is 0 Å². The zero-order valence-corrected chi connectivity index (χ0v) is 23.2. The number of nitrogens with zero attached hydrogens (tertiary/aromatic N) is 2. The van der Waals surface area contributed by atoms with Crippen LogP contribution in [0.1, 0.15) is 66.3 Å². The number of ketones is 2. The summed E-state index contributed by atoms with van der Waals surface area (Å²) in [5, 5.41) is 0. The molecule has 4 aromatic rings. The summed E-state index contributed by atoms with van der Waals surface area (Å²) in [6, 6.07) is 24.5. The number of carbonyl (C=O) groups excluding carboxylic acids is 3. The molecule has 1 fully saturated rings. The number of amides is 1. The van der Waals surface area contributed by atoms with Crippen molar-refractivity contribution in [2.45, 2.75) is 33.2 Å². The molecule has 0 atom stereocenters. The van der Waals surface area contributed by atoms with E-state index >= 15 is 0 Å². The van der Waals surface area contributed by atoms with E-state index in [4.69, 9.17) is 4.74 Å². The predicted molar refractivity (Wildman–Crippen MR) is 155 cm³/mol. The Kier molecular flexibility index (Phi) is 7.96. The van der Waals surface area contributed by atoms with E-state index in [9.17, 15) is 14.4 Å². The number of Topliss-reactive ketones (excluding diaryl/α,β-unsaturated/α-hetero) is 1. The van der Waals surface area contributed by atoms with Crippen molar-refractivity contribution >= 4 is 17.5 Å². The van der Waals surface area contributed by atoms with Crippen LogP contribution in [0.4, 0.5) is 0 Å². The van der Waals surface area contributed by atoms with Gasteiger partial charge in [-0.25, -0.2) is 0 Å². The summed E-state index contributed by atoms with van der Waals surface area (Å²) in [6.45, 7) is 5.23. The molecule has 1 saturated heterocycles. The maximum atomic E-state index is 14.1. The number of carbonyl (C=O) groups is 3. The average molecular weight is 535 g/mol. The quantitative estimate of drug-likeness (QED) is 0.255. The van der Waals surface area contributed by atoms with Crippen LogP contribution in [0.3, 0.4) is 0 Å². The van der Waals surface area contributed by atoms with Gasteiger partial charge in [0.15, 0.2) is 11.6 Å². The minimum absolute atomic E-state index is 0.118. The summed E-state index contributed by atoms with van der Waals surface area (Å²) >= 11 is 0. The summed E-state index contributed by atoms with van der Waals surface area (Å²) in [5.74, 6) is 0.424. The van der Waals surface area contributed by atoms with Crippen molar-refractivity contribution in [3.63, 3.8) is 0 Å². The second-order valence-corrected chi connectivity index (χ2v) is 10.5. The van der Waals surface area contributed by atoms with E-state index in [0.29, 0.717) is 54.9 Å². The van der Waals surface area contributed by atoms with Gasteiger partial charge in [0, 0.05) is 42.9 Å². The molecule has 1 aliphatic heterocycles. The lowest BCUT2D eigenvalue weighted by atomic mass is 9.88. The second kappa shape index (κ2) is 11.7. The molecule has 6 heteroatoms. The number of piperidine rings is 1. The first kappa shape index (κ1) is 27.1. The first-order valence-corrected chi connectivity index (χ1v) is 13.7. The predicted octanol–water partition coefficient (Wildman–Crippen LogP) is 6.13. The molecular weight excluding hydrogens is 500 g/mol. The first-order valence-electron chi connectivity index (χ1n) is 13.7. The van der Waals surface area contributed by atoms with Crippen molar-refractivity contribution in [1.82, 2.24) is 9.47 Å². The summed E-state index contributed by atoms with van der Waals surface area (Å²) in [6.07, 6.45) is 3.09. The van der Waals surface area contributed by atoms with Gasteiger partial charge >= 0.3 is 0 Å². The van der Waals surface area contributed by atoms with Crippen molar-refractivity contribution in [3.05, 3.63) is 124 Å². The Morgan fingerprint density at radius 2 is 1.48 bits per heavy atom. The van der Waals surface area contributed by atoms with E-state index in [2.05, 4.69) is 0 Å². The van der Waals surface area contributed by atoms with Gasteiger partial charge in [-0.2, -0.15) is 0 Å². The van der Waals surface area contributed by atoms with Crippen LogP contribution >= 0.6 is 0 Å². The van der Waals surface area contributed by atoms with Gasteiger partial charge in [-0.1, -0.05) is 72.3 Å². The number of aromatic nitrogens is 1. The molecule has 0 bridgehead atoms. The van der Waals surface area contributed by atoms with Gasteiger partial charge in [0.05, 0.1) is 12.7 Å². The Hall–Kier alpha value is -4.45. The molecule has 0 radical (unpaired) electrons. The third kappa shape index (κ3) is 5.62. The molecule has 5 rings (SSSR count). The lowest BCUT2D eigenvalue weighted by Crippen LogP contribution is -2.41. The third-order valence-electron chi connectivity index (χ3n) is 7.73. The number of rotatable bonds is 8. The lowest BCUT2D eigenvalue weighted by Gasteiger charge is -2.32. The first-order chi connectivity index (χ1) is 19.4. The highest BCUT2D eigenvalue weighted by atomic mass is 16.5. The molecule has 1 aromatic heterocycles. The maximum Gasteiger partial charge on any atom is 0.271 e. The standard InChI is InChI=1S/C34H34N2O4/c1-23-9-13-27(14-10-23)33(38)30-24(2)21-36(22-25-11-15-29(40-3)16-12-25)31(30)34(39)35-19-17-28(18-20-35)32(37)26-7-5-4-6-8-26/h4-16,21,28H,17-20,22H2,1-3H3. The van der Waals surface area contributed by atoms with Gasteiger partial charge in [-0.15, -0.1) is 0 Å². The molecule has 0 N–H and O–H groups in total. The summed E-state index contributed by atoms with van der Waals surface area (Å²) in [4.78, 5) is 42.7. The van der Waals surface area contributed by atoms with Crippen molar-refractivity contribution < 1.29 is 19.1 Å². The van der Waals surface area contributed by atoms with Crippen LogP contribution in [0.5, 0.6) is 5.75 Å². The van der Waals surface area contributed by atoms with Crippen molar-refractivity contribution in [2.24, 2.45) is 5.92 Å². The largest absolute Gasteiger partial charge is 0.497 e. The fraction of sp³-hybridized carbons (Fsp3) is 0.265. The molecule has 1 amide bonds. The van der Waals surface area contributed by atoms with Gasteiger partial charge in [-0.05, 0) is 49.9 Å². The molecule has 0 saturated carbocycles. The highest BCUT2D eigenvalue weighted by Crippen LogP contribution is 2.28. The summed E-state index contributed by atoms with van der Waals surface area (Å²) < 4.78 is 7.18. The van der Waals surface area contributed by atoms with E-state index in [0.717, 1.165) is 22.4 Å². The van der Waals surface area contributed by atoms with Crippen LogP contribution in [-0.4, -0.2) is 47.1 Å². The fourth-order valence-corrected chi connectivity index (χ4v) is 5.44. The molecule has 1 aliphatic rings. The highest BCUT2D eigenvalue weighted by molar-refractivity contribution is 6.16. The summed E-state index contributed by atoms with van der Waals surface area (Å²) in [7, 11) is 1.63. The van der Waals surface area contributed by atoms with Crippen molar-refractivity contribution in [2.75, 3.05) is 20.2 Å². The van der Waals surface area contributed by atoms with E-state index in [1.165, 1.54) is 0 Å². The number of aryl methyl sites for hydroxylation is 2. The normalized spacial score (nSPS) is 13.7. The molecule has 0 unspecified atom stereocenters.